The Labute approximate surface area is 197 Å². The van der Waals surface area contributed by atoms with Crippen LogP contribution in [0.1, 0.15) is 135 Å². The zero-order valence-electron chi connectivity index (χ0n) is 20.8. The maximum Gasteiger partial charge on any atom is 0.309 e. The fraction of sp³-hybridized carbons (Fsp3) is 0.857. The van der Waals surface area contributed by atoms with Gasteiger partial charge in [0.15, 0.2) is 0 Å². The predicted octanol–water partition coefficient (Wildman–Crippen LogP) is 8.24. The Morgan fingerprint density at radius 2 is 1.19 bits per heavy atom. The first kappa shape index (κ1) is 28.7. The van der Waals surface area contributed by atoms with Crippen molar-refractivity contribution in [2.75, 3.05) is 6.61 Å². The van der Waals surface area contributed by atoms with Gasteiger partial charge in [0, 0.05) is 0 Å². The number of ether oxygens (including phenoxy) is 1. The number of aliphatic carboxylic acids is 1. The Morgan fingerprint density at radius 1 is 0.719 bits per heavy atom. The van der Waals surface area contributed by atoms with Crippen LogP contribution in [0.25, 0.3) is 0 Å². The Bertz CT molecular complexity index is 500. The van der Waals surface area contributed by atoms with Gasteiger partial charge in [0.2, 0.25) is 0 Å². The molecule has 0 amide bonds. The molecule has 0 heterocycles. The highest BCUT2D eigenvalue weighted by Crippen LogP contribution is 2.31. The van der Waals surface area contributed by atoms with E-state index in [1.807, 2.05) is 0 Å². The molecule has 0 aromatic rings. The van der Waals surface area contributed by atoms with E-state index in [1.165, 1.54) is 83.5 Å². The van der Waals surface area contributed by atoms with Crippen LogP contribution in [0, 0.1) is 11.8 Å². The molecular formula is C28H50O4. The van der Waals surface area contributed by atoms with E-state index >= 15 is 0 Å². The van der Waals surface area contributed by atoms with E-state index < -0.39 is 17.8 Å². The molecule has 2 unspecified atom stereocenters. The van der Waals surface area contributed by atoms with E-state index in [0.29, 0.717) is 19.4 Å². The average molecular weight is 451 g/mol. The molecule has 2 atom stereocenters. The summed E-state index contributed by atoms with van der Waals surface area (Å²) in [4.78, 5) is 23.5. The predicted molar refractivity (Wildman–Crippen MR) is 133 cm³/mol. The lowest BCUT2D eigenvalue weighted by molar-refractivity contribution is -0.159. The molecule has 0 aromatic heterocycles. The molecule has 1 fully saturated rings. The second kappa shape index (κ2) is 20.3. The van der Waals surface area contributed by atoms with Crippen LogP contribution >= 0.6 is 0 Å². The molecule has 1 saturated carbocycles. The lowest BCUT2D eigenvalue weighted by Crippen LogP contribution is -2.33. The highest BCUT2D eigenvalue weighted by Gasteiger charge is 2.36. The van der Waals surface area contributed by atoms with Gasteiger partial charge in [0.05, 0.1) is 18.4 Å². The summed E-state index contributed by atoms with van der Waals surface area (Å²) in [6.45, 7) is 2.69. The highest BCUT2D eigenvalue weighted by atomic mass is 16.5. The third-order valence-electron chi connectivity index (χ3n) is 6.79. The molecule has 0 aromatic carbocycles. The largest absolute Gasteiger partial charge is 0.481 e. The van der Waals surface area contributed by atoms with Gasteiger partial charge in [-0.3, -0.25) is 9.59 Å². The van der Waals surface area contributed by atoms with E-state index in [2.05, 4.69) is 19.1 Å². The van der Waals surface area contributed by atoms with Crippen LogP contribution < -0.4 is 0 Å². The minimum atomic E-state index is -0.857. The third-order valence-corrected chi connectivity index (χ3v) is 6.79. The number of carbonyl (C=O) groups excluding carboxylic acids is 1. The number of carbonyl (C=O) groups is 2. The van der Waals surface area contributed by atoms with Crippen LogP contribution in [0.5, 0.6) is 0 Å². The van der Waals surface area contributed by atoms with Crippen molar-refractivity contribution in [3.8, 4) is 0 Å². The standard InChI is InChI=1S/C28H50O4/c1-2-3-4-5-6-7-8-9-10-11-12-13-14-15-16-17-18-21-24-32-28(31)26-23-20-19-22-25(26)27(29)30/h15-16,25-26H,2-14,17-24H2,1H3,(H,29,30)/b16-15+. The molecule has 4 nitrogen and oxygen atoms in total. The average Bonchev–Trinajstić information content (AvgIpc) is 2.80. The van der Waals surface area contributed by atoms with Gasteiger partial charge in [-0.15, -0.1) is 0 Å². The van der Waals surface area contributed by atoms with E-state index in [1.54, 1.807) is 0 Å². The Hall–Kier alpha value is -1.32. The van der Waals surface area contributed by atoms with Gasteiger partial charge in [-0.05, 0) is 44.9 Å². The summed E-state index contributed by atoms with van der Waals surface area (Å²) in [5.74, 6) is -2.17. The molecule has 0 bridgehead atoms. The Kier molecular flexibility index (Phi) is 18.2. The van der Waals surface area contributed by atoms with Gasteiger partial charge in [-0.2, -0.15) is 0 Å². The molecule has 4 heteroatoms. The van der Waals surface area contributed by atoms with Crippen molar-refractivity contribution in [2.45, 2.75) is 135 Å². The number of carboxylic acid groups (broad SMARTS) is 1. The Balaban J connectivity index is 1.86. The van der Waals surface area contributed by atoms with Gasteiger partial charge in [-0.25, -0.2) is 0 Å². The van der Waals surface area contributed by atoms with Crippen molar-refractivity contribution < 1.29 is 19.4 Å². The Morgan fingerprint density at radius 3 is 1.72 bits per heavy atom. The van der Waals surface area contributed by atoms with Gasteiger partial charge < -0.3 is 9.84 Å². The molecule has 32 heavy (non-hydrogen) atoms. The molecule has 1 aliphatic carbocycles. The first-order valence-electron chi connectivity index (χ1n) is 13.7. The summed E-state index contributed by atoms with van der Waals surface area (Å²) in [7, 11) is 0. The van der Waals surface area contributed by atoms with Gasteiger partial charge in [0.25, 0.3) is 0 Å². The van der Waals surface area contributed by atoms with Crippen molar-refractivity contribution in [2.24, 2.45) is 11.8 Å². The highest BCUT2D eigenvalue weighted by molar-refractivity contribution is 5.81. The number of esters is 1. The topological polar surface area (TPSA) is 63.6 Å². The van der Waals surface area contributed by atoms with Crippen LogP contribution in [0.4, 0.5) is 0 Å². The minimum Gasteiger partial charge on any atom is -0.481 e. The van der Waals surface area contributed by atoms with E-state index in [4.69, 9.17) is 4.74 Å². The summed E-state index contributed by atoms with van der Waals surface area (Å²) in [6.07, 6.45) is 28.3. The van der Waals surface area contributed by atoms with Crippen LogP contribution in [-0.4, -0.2) is 23.7 Å². The number of carboxylic acids is 1. The lowest BCUT2D eigenvalue weighted by Gasteiger charge is -2.26. The monoisotopic (exact) mass is 450 g/mol. The summed E-state index contributed by atoms with van der Waals surface area (Å²) < 4.78 is 5.36. The van der Waals surface area contributed by atoms with Crippen molar-refractivity contribution in [3.05, 3.63) is 12.2 Å². The van der Waals surface area contributed by atoms with E-state index in [0.717, 1.165) is 32.1 Å². The second-order valence-electron chi connectivity index (χ2n) is 9.65. The summed E-state index contributed by atoms with van der Waals surface area (Å²) in [5, 5.41) is 9.28. The fourth-order valence-corrected chi connectivity index (χ4v) is 4.69. The van der Waals surface area contributed by atoms with Crippen LogP contribution in [-0.2, 0) is 14.3 Å². The summed E-state index contributed by atoms with van der Waals surface area (Å²) in [5.41, 5.74) is 0. The van der Waals surface area contributed by atoms with Crippen molar-refractivity contribution in [1.29, 1.82) is 0 Å². The van der Waals surface area contributed by atoms with E-state index in [-0.39, 0.29) is 5.97 Å². The zero-order chi connectivity index (χ0) is 23.3. The number of unbranched alkanes of at least 4 members (excludes halogenated alkanes) is 14. The number of allylic oxidation sites excluding steroid dienone is 2. The zero-order valence-corrected chi connectivity index (χ0v) is 20.8. The maximum absolute atomic E-state index is 12.2. The quantitative estimate of drug-likeness (QED) is 0.115. The minimum absolute atomic E-state index is 0.306. The molecule has 1 N–H and O–H groups in total. The molecule has 0 radical (unpaired) electrons. The third kappa shape index (κ3) is 14.7. The number of hydrogen-bond acceptors (Lipinski definition) is 3. The molecule has 1 aliphatic rings. The smallest absolute Gasteiger partial charge is 0.309 e. The molecular weight excluding hydrogens is 400 g/mol. The molecule has 0 aliphatic heterocycles. The van der Waals surface area contributed by atoms with Crippen molar-refractivity contribution >= 4 is 11.9 Å². The molecule has 0 spiro atoms. The fourth-order valence-electron chi connectivity index (χ4n) is 4.69. The first-order chi connectivity index (χ1) is 15.7. The van der Waals surface area contributed by atoms with Crippen LogP contribution in [0.15, 0.2) is 12.2 Å². The van der Waals surface area contributed by atoms with Crippen LogP contribution in [0.2, 0.25) is 0 Å². The normalized spacial score (nSPS) is 18.8. The number of rotatable bonds is 20. The molecule has 0 saturated heterocycles. The van der Waals surface area contributed by atoms with Gasteiger partial charge >= 0.3 is 11.9 Å². The maximum atomic E-state index is 12.2. The van der Waals surface area contributed by atoms with Gasteiger partial charge in [-0.1, -0.05) is 103 Å². The lowest BCUT2D eigenvalue weighted by atomic mass is 9.79. The second-order valence-corrected chi connectivity index (χ2v) is 9.65. The molecule has 186 valence electrons. The van der Waals surface area contributed by atoms with Crippen LogP contribution in [0.3, 0.4) is 0 Å². The summed E-state index contributed by atoms with van der Waals surface area (Å²) in [6, 6.07) is 0. The first-order valence-corrected chi connectivity index (χ1v) is 13.7. The van der Waals surface area contributed by atoms with Gasteiger partial charge in [0.1, 0.15) is 0 Å². The SMILES string of the molecule is CCCCCCCCCCCCCC/C=C/CCCCOC(=O)C1CCCCC1C(=O)O. The molecule has 1 rings (SSSR count). The van der Waals surface area contributed by atoms with E-state index in [9.17, 15) is 14.7 Å². The summed E-state index contributed by atoms with van der Waals surface area (Å²) >= 11 is 0. The van der Waals surface area contributed by atoms with Crippen molar-refractivity contribution in [1.82, 2.24) is 0 Å². The van der Waals surface area contributed by atoms with Crippen molar-refractivity contribution in [3.63, 3.8) is 0 Å². The number of hydrogen-bond donors (Lipinski definition) is 1.